The molecule has 1 heterocycles. The van der Waals surface area contributed by atoms with E-state index in [2.05, 4.69) is 24.1 Å². The van der Waals surface area contributed by atoms with Crippen LogP contribution in [0.3, 0.4) is 0 Å². The Balaban J connectivity index is 1.97. The van der Waals surface area contributed by atoms with Crippen LogP contribution in [0.25, 0.3) is 0 Å². The number of nitrogens with one attached hydrogen (secondary N) is 1. The summed E-state index contributed by atoms with van der Waals surface area (Å²) < 4.78 is 5.74. The lowest BCUT2D eigenvalue weighted by atomic mass is 9.90. The molecule has 0 aromatic rings. The van der Waals surface area contributed by atoms with Crippen molar-refractivity contribution in [2.24, 2.45) is 0 Å². The lowest BCUT2D eigenvalue weighted by molar-refractivity contribution is -0.0248. The van der Waals surface area contributed by atoms with E-state index in [4.69, 9.17) is 4.74 Å². The highest BCUT2D eigenvalue weighted by molar-refractivity contribution is 4.89. The fourth-order valence-corrected chi connectivity index (χ4v) is 3.63. The highest BCUT2D eigenvalue weighted by Gasteiger charge is 2.33. The van der Waals surface area contributed by atoms with E-state index >= 15 is 0 Å². The van der Waals surface area contributed by atoms with Gasteiger partial charge >= 0.3 is 0 Å². The Labute approximate surface area is 112 Å². The molecular weight excluding hydrogens is 224 g/mol. The van der Waals surface area contributed by atoms with Gasteiger partial charge in [0.15, 0.2) is 0 Å². The van der Waals surface area contributed by atoms with Crippen molar-refractivity contribution < 1.29 is 4.74 Å². The summed E-state index contributed by atoms with van der Waals surface area (Å²) in [4.78, 5) is 2.69. The van der Waals surface area contributed by atoms with Crippen molar-refractivity contribution in [3.8, 4) is 0 Å². The average molecular weight is 254 g/mol. The maximum atomic E-state index is 5.74. The topological polar surface area (TPSA) is 24.5 Å². The van der Waals surface area contributed by atoms with Gasteiger partial charge in [0, 0.05) is 31.8 Å². The highest BCUT2D eigenvalue weighted by atomic mass is 16.5. The monoisotopic (exact) mass is 254 g/mol. The summed E-state index contributed by atoms with van der Waals surface area (Å²) in [6.45, 7) is 7.06. The lowest BCUT2D eigenvalue weighted by Gasteiger charge is -2.42. The van der Waals surface area contributed by atoms with Crippen molar-refractivity contribution in [2.45, 2.75) is 76.6 Å². The predicted octanol–water partition coefficient (Wildman–Crippen LogP) is 2.41. The van der Waals surface area contributed by atoms with Crippen molar-refractivity contribution in [1.82, 2.24) is 10.2 Å². The summed E-state index contributed by atoms with van der Waals surface area (Å²) in [5.74, 6) is 0. The van der Waals surface area contributed by atoms with Gasteiger partial charge in [0.1, 0.15) is 0 Å². The van der Waals surface area contributed by atoms with Gasteiger partial charge in [-0.2, -0.15) is 0 Å². The van der Waals surface area contributed by atoms with Gasteiger partial charge in [-0.15, -0.1) is 0 Å². The average Bonchev–Trinajstić information content (AvgIpc) is 2.88. The highest BCUT2D eigenvalue weighted by Crippen LogP contribution is 2.27. The molecule has 3 unspecified atom stereocenters. The number of hydrogen-bond donors (Lipinski definition) is 1. The molecule has 3 heteroatoms. The van der Waals surface area contributed by atoms with Crippen molar-refractivity contribution in [2.75, 3.05) is 20.2 Å². The molecule has 0 spiro atoms. The zero-order valence-corrected chi connectivity index (χ0v) is 12.3. The quantitative estimate of drug-likeness (QED) is 0.815. The van der Waals surface area contributed by atoms with Gasteiger partial charge in [0.2, 0.25) is 0 Å². The van der Waals surface area contributed by atoms with Gasteiger partial charge < -0.3 is 10.1 Å². The first-order chi connectivity index (χ1) is 8.72. The summed E-state index contributed by atoms with van der Waals surface area (Å²) in [5, 5.41) is 3.63. The van der Waals surface area contributed by atoms with Gasteiger partial charge in [0.25, 0.3) is 0 Å². The predicted molar refractivity (Wildman–Crippen MR) is 75.9 cm³/mol. The first-order valence-electron chi connectivity index (χ1n) is 7.74. The molecule has 2 rings (SSSR count). The largest absolute Gasteiger partial charge is 0.380 e. The second-order valence-electron chi connectivity index (χ2n) is 6.21. The Hall–Kier alpha value is -0.120. The molecule has 0 aromatic carbocycles. The van der Waals surface area contributed by atoms with Crippen LogP contribution >= 0.6 is 0 Å². The van der Waals surface area contributed by atoms with Crippen LogP contribution in [0.15, 0.2) is 0 Å². The van der Waals surface area contributed by atoms with Crippen LogP contribution in [0, 0.1) is 0 Å². The van der Waals surface area contributed by atoms with Crippen molar-refractivity contribution in [3.05, 3.63) is 0 Å². The smallest absolute Gasteiger partial charge is 0.0726 e. The molecule has 18 heavy (non-hydrogen) atoms. The van der Waals surface area contributed by atoms with E-state index in [-0.39, 0.29) is 0 Å². The zero-order valence-electron chi connectivity index (χ0n) is 12.3. The van der Waals surface area contributed by atoms with Crippen LogP contribution in [0.2, 0.25) is 0 Å². The molecule has 3 nitrogen and oxygen atoms in total. The molecule has 1 N–H and O–H groups in total. The minimum Gasteiger partial charge on any atom is -0.380 e. The van der Waals surface area contributed by atoms with Gasteiger partial charge in [-0.25, -0.2) is 0 Å². The van der Waals surface area contributed by atoms with E-state index in [1.807, 2.05) is 7.11 Å². The van der Waals surface area contributed by atoms with Crippen LogP contribution in [-0.4, -0.2) is 49.3 Å². The summed E-state index contributed by atoms with van der Waals surface area (Å²) >= 11 is 0. The third kappa shape index (κ3) is 3.46. The van der Waals surface area contributed by atoms with Crippen LogP contribution in [0.4, 0.5) is 0 Å². The molecule has 1 aliphatic carbocycles. The standard InChI is InChI=1S/C15H30N2O/c1-12(2)17(11-13-7-6-10-16-13)14-8-4-5-9-15(14)18-3/h12-16H,4-11H2,1-3H3. The fourth-order valence-electron chi connectivity index (χ4n) is 3.63. The van der Waals surface area contributed by atoms with E-state index < -0.39 is 0 Å². The van der Waals surface area contributed by atoms with Gasteiger partial charge in [-0.1, -0.05) is 12.8 Å². The third-order valence-electron chi connectivity index (χ3n) is 4.65. The number of nitrogens with zero attached hydrogens (tertiary/aromatic N) is 1. The third-order valence-corrected chi connectivity index (χ3v) is 4.65. The van der Waals surface area contributed by atoms with Crippen LogP contribution in [0.5, 0.6) is 0 Å². The van der Waals surface area contributed by atoms with E-state index in [9.17, 15) is 0 Å². The first kappa shape index (κ1) is 14.3. The Morgan fingerprint density at radius 3 is 2.56 bits per heavy atom. The van der Waals surface area contributed by atoms with Gasteiger partial charge in [-0.3, -0.25) is 4.90 Å². The van der Waals surface area contributed by atoms with E-state index in [1.165, 1.54) is 51.6 Å². The van der Waals surface area contributed by atoms with Crippen LogP contribution in [0.1, 0.15) is 52.4 Å². The Morgan fingerprint density at radius 1 is 1.17 bits per heavy atom. The number of rotatable bonds is 5. The Bertz CT molecular complexity index is 239. The van der Waals surface area contributed by atoms with E-state index in [1.54, 1.807) is 0 Å². The SMILES string of the molecule is COC1CCCCC1N(CC1CCCN1)C(C)C. The van der Waals surface area contributed by atoms with Crippen molar-refractivity contribution >= 4 is 0 Å². The van der Waals surface area contributed by atoms with Crippen molar-refractivity contribution in [1.29, 1.82) is 0 Å². The van der Waals surface area contributed by atoms with Crippen LogP contribution in [-0.2, 0) is 4.74 Å². The number of hydrogen-bond acceptors (Lipinski definition) is 3. The number of ether oxygens (including phenoxy) is 1. The molecule has 0 aromatic heterocycles. The number of methoxy groups -OCH3 is 1. The fraction of sp³-hybridized carbons (Fsp3) is 1.00. The molecule has 0 amide bonds. The van der Waals surface area contributed by atoms with Gasteiger partial charge in [0.05, 0.1) is 6.10 Å². The second kappa shape index (κ2) is 6.88. The molecule has 1 saturated heterocycles. The zero-order chi connectivity index (χ0) is 13.0. The molecular formula is C15H30N2O. The molecule has 1 aliphatic heterocycles. The minimum atomic E-state index is 0.447. The molecule has 106 valence electrons. The summed E-state index contributed by atoms with van der Waals surface area (Å²) in [6.07, 6.45) is 8.38. The Kier molecular flexibility index (Phi) is 5.46. The van der Waals surface area contributed by atoms with Crippen molar-refractivity contribution in [3.63, 3.8) is 0 Å². The van der Waals surface area contributed by atoms with Crippen LogP contribution < -0.4 is 5.32 Å². The molecule has 3 atom stereocenters. The molecule has 2 fully saturated rings. The molecule has 0 bridgehead atoms. The van der Waals surface area contributed by atoms with E-state index in [0.717, 1.165) is 0 Å². The lowest BCUT2D eigenvalue weighted by Crippen LogP contribution is -2.53. The maximum absolute atomic E-state index is 5.74. The molecule has 0 radical (unpaired) electrons. The second-order valence-corrected chi connectivity index (χ2v) is 6.21. The van der Waals surface area contributed by atoms with Gasteiger partial charge in [-0.05, 0) is 46.1 Å². The summed E-state index contributed by atoms with van der Waals surface area (Å²) in [5.41, 5.74) is 0. The first-order valence-corrected chi connectivity index (χ1v) is 7.74. The maximum Gasteiger partial charge on any atom is 0.0726 e. The van der Waals surface area contributed by atoms with E-state index in [0.29, 0.717) is 24.2 Å². The normalized spacial score (nSPS) is 33.5. The summed E-state index contributed by atoms with van der Waals surface area (Å²) in [7, 11) is 1.88. The molecule has 1 saturated carbocycles. The summed E-state index contributed by atoms with van der Waals surface area (Å²) in [6, 6.07) is 1.95. The minimum absolute atomic E-state index is 0.447. The Morgan fingerprint density at radius 2 is 1.94 bits per heavy atom. The molecule has 2 aliphatic rings.